The molecule has 1 aromatic heterocycles. The molecular weight excluding hydrogens is 280 g/mol. The van der Waals surface area contributed by atoms with Crippen molar-refractivity contribution in [1.82, 2.24) is 9.88 Å². The van der Waals surface area contributed by atoms with Crippen LogP contribution in [0.2, 0.25) is 0 Å². The van der Waals surface area contributed by atoms with E-state index in [9.17, 15) is 9.90 Å². The van der Waals surface area contributed by atoms with E-state index in [1.807, 2.05) is 32.9 Å². The van der Waals surface area contributed by atoms with Crippen LogP contribution in [0.25, 0.3) is 0 Å². The Labute approximate surface area is 132 Å². The molecule has 1 amide bonds. The van der Waals surface area contributed by atoms with Crippen molar-refractivity contribution in [1.29, 1.82) is 0 Å². The van der Waals surface area contributed by atoms with Crippen LogP contribution in [0.4, 0.5) is 11.5 Å². The molecule has 2 rings (SSSR count). The molecule has 2 N–H and O–H groups in total. The second kappa shape index (κ2) is 7.56. The largest absolute Gasteiger partial charge is 0.392 e. The molecule has 1 aliphatic rings. The van der Waals surface area contributed by atoms with Crippen LogP contribution in [-0.2, 0) is 4.79 Å². The van der Waals surface area contributed by atoms with Gasteiger partial charge in [0.05, 0.1) is 18.0 Å². The quantitative estimate of drug-likeness (QED) is 0.855. The first-order valence-corrected chi connectivity index (χ1v) is 7.88. The molecule has 0 radical (unpaired) electrons. The molecule has 1 aromatic rings. The number of aliphatic hydroxyl groups is 1. The summed E-state index contributed by atoms with van der Waals surface area (Å²) >= 11 is 0. The van der Waals surface area contributed by atoms with Crippen LogP contribution >= 0.6 is 0 Å². The van der Waals surface area contributed by atoms with Crippen LogP contribution in [0.5, 0.6) is 0 Å². The highest BCUT2D eigenvalue weighted by Gasteiger charge is 2.18. The average molecular weight is 306 g/mol. The third-order valence-corrected chi connectivity index (χ3v) is 3.76. The predicted molar refractivity (Wildman–Crippen MR) is 88.0 cm³/mol. The number of carbonyl (C=O) groups is 1. The number of hydrogen-bond donors (Lipinski definition) is 2. The number of hydrogen-bond acceptors (Lipinski definition) is 5. The first-order valence-electron chi connectivity index (χ1n) is 7.88. The smallest absolute Gasteiger partial charge is 0.226 e. The fraction of sp³-hybridized carbons (Fsp3) is 0.625. The van der Waals surface area contributed by atoms with Gasteiger partial charge in [-0.2, -0.15) is 0 Å². The number of aliphatic hydroxyl groups excluding tert-OH is 1. The molecule has 1 saturated heterocycles. The summed E-state index contributed by atoms with van der Waals surface area (Å²) in [5.41, 5.74) is 0.732. The Kier molecular flexibility index (Phi) is 5.74. The molecule has 1 atom stereocenters. The van der Waals surface area contributed by atoms with Crippen molar-refractivity contribution in [2.24, 2.45) is 5.92 Å². The maximum Gasteiger partial charge on any atom is 0.226 e. The molecule has 0 unspecified atom stereocenters. The maximum absolute atomic E-state index is 11.6. The van der Waals surface area contributed by atoms with Gasteiger partial charge in [0, 0.05) is 38.6 Å². The summed E-state index contributed by atoms with van der Waals surface area (Å²) in [7, 11) is 0. The number of pyridine rings is 1. The summed E-state index contributed by atoms with van der Waals surface area (Å²) in [6, 6.07) is 3.84. The highest BCUT2D eigenvalue weighted by molar-refractivity contribution is 5.91. The fourth-order valence-electron chi connectivity index (χ4n) is 2.47. The maximum atomic E-state index is 11.6. The van der Waals surface area contributed by atoms with Gasteiger partial charge < -0.3 is 15.3 Å². The van der Waals surface area contributed by atoms with Gasteiger partial charge in [0.15, 0.2) is 0 Å². The predicted octanol–water partition coefficient (Wildman–Crippen LogP) is 1.18. The number of amides is 1. The van der Waals surface area contributed by atoms with E-state index in [1.54, 1.807) is 6.20 Å². The van der Waals surface area contributed by atoms with Crippen LogP contribution < -0.4 is 10.2 Å². The van der Waals surface area contributed by atoms with Gasteiger partial charge in [-0.05, 0) is 19.1 Å². The zero-order valence-electron chi connectivity index (χ0n) is 13.6. The zero-order chi connectivity index (χ0) is 16.1. The van der Waals surface area contributed by atoms with Gasteiger partial charge in [0.2, 0.25) is 5.91 Å². The average Bonchev–Trinajstić information content (AvgIpc) is 2.48. The lowest BCUT2D eigenvalue weighted by Gasteiger charge is -2.35. The lowest BCUT2D eigenvalue weighted by molar-refractivity contribution is -0.118. The minimum atomic E-state index is -0.284. The Morgan fingerprint density at radius 2 is 1.95 bits per heavy atom. The zero-order valence-corrected chi connectivity index (χ0v) is 13.6. The minimum absolute atomic E-state index is 0.00119. The summed E-state index contributed by atoms with van der Waals surface area (Å²) in [6.07, 6.45) is 1.42. The van der Waals surface area contributed by atoms with Gasteiger partial charge in [-0.1, -0.05) is 13.8 Å². The van der Waals surface area contributed by atoms with Crippen molar-refractivity contribution >= 4 is 17.4 Å². The van der Waals surface area contributed by atoms with Crippen LogP contribution in [0.1, 0.15) is 20.8 Å². The lowest BCUT2D eigenvalue weighted by Crippen LogP contribution is -2.48. The standard InChI is InChI=1S/C16H26N4O2/c1-12(2)16(22)18-14-4-5-15(17-10-14)20-8-6-19(7-9-20)11-13(3)21/h4-5,10,12-13,21H,6-9,11H2,1-3H3,(H,18,22)/t13-/m1/s1. The molecule has 0 aromatic carbocycles. The normalized spacial score (nSPS) is 17.6. The van der Waals surface area contributed by atoms with Gasteiger partial charge in [0.1, 0.15) is 5.82 Å². The van der Waals surface area contributed by atoms with Crippen LogP contribution in [0.3, 0.4) is 0 Å². The Morgan fingerprint density at radius 3 is 2.45 bits per heavy atom. The Hall–Kier alpha value is -1.66. The van der Waals surface area contributed by atoms with Crippen molar-refractivity contribution < 1.29 is 9.90 Å². The molecule has 0 bridgehead atoms. The second-order valence-corrected chi connectivity index (χ2v) is 6.19. The van der Waals surface area contributed by atoms with E-state index in [4.69, 9.17) is 0 Å². The first-order chi connectivity index (χ1) is 10.5. The molecule has 22 heavy (non-hydrogen) atoms. The second-order valence-electron chi connectivity index (χ2n) is 6.19. The highest BCUT2D eigenvalue weighted by Crippen LogP contribution is 2.16. The molecule has 0 saturated carbocycles. The number of piperazine rings is 1. The van der Waals surface area contributed by atoms with E-state index in [2.05, 4.69) is 20.1 Å². The Morgan fingerprint density at radius 1 is 1.27 bits per heavy atom. The van der Waals surface area contributed by atoms with E-state index in [0.29, 0.717) is 0 Å². The van der Waals surface area contributed by atoms with Crippen molar-refractivity contribution in [3.05, 3.63) is 18.3 Å². The number of carbonyl (C=O) groups excluding carboxylic acids is 1. The van der Waals surface area contributed by atoms with Crippen molar-refractivity contribution in [2.45, 2.75) is 26.9 Å². The number of β-amino-alcohol motifs (C(OH)–C–C–N with tert-alkyl or cyclic N) is 1. The van der Waals surface area contributed by atoms with Crippen molar-refractivity contribution in [2.75, 3.05) is 42.9 Å². The molecule has 122 valence electrons. The number of aromatic nitrogens is 1. The third-order valence-electron chi connectivity index (χ3n) is 3.76. The lowest BCUT2D eigenvalue weighted by atomic mass is 10.2. The van der Waals surface area contributed by atoms with E-state index >= 15 is 0 Å². The van der Waals surface area contributed by atoms with E-state index in [0.717, 1.165) is 44.2 Å². The summed E-state index contributed by atoms with van der Waals surface area (Å²) < 4.78 is 0. The van der Waals surface area contributed by atoms with Gasteiger partial charge in [-0.3, -0.25) is 9.69 Å². The fourth-order valence-corrected chi connectivity index (χ4v) is 2.47. The van der Waals surface area contributed by atoms with Gasteiger partial charge in [0.25, 0.3) is 0 Å². The number of nitrogens with one attached hydrogen (secondary N) is 1. The molecule has 0 spiro atoms. The number of anilines is 2. The minimum Gasteiger partial charge on any atom is -0.392 e. The van der Waals surface area contributed by atoms with E-state index in [1.165, 1.54) is 0 Å². The first kappa shape index (κ1) is 16.7. The Balaban J connectivity index is 1.88. The summed E-state index contributed by atoms with van der Waals surface area (Å²) in [5, 5.41) is 12.3. The van der Waals surface area contributed by atoms with Crippen LogP contribution in [0.15, 0.2) is 18.3 Å². The molecule has 2 heterocycles. The molecular formula is C16H26N4O2. The van der Waals surface area contributed by atoms with E-state index in [-0.39, 0.29) is 17.9 Å². The third kappa shape index (κ3) is 4.68. The van der Waals surface area contributed by atoms with Gasteiger partial charge in [-0.15, -0.1) is 0 Å². The van der Waals surface area contributed by atoms with Crippen LogP contribution in [-0.4, -0.2) is 59.7 Å². The monoisotopic (exact) mass is 306 g/mol. The summed E-state index contributed by atoms with van der Waals surface area (Å²) in [6.45, 7) is 9.93. The summed E-state index contributed by atoms with van der Waals surface area (Å²) in [4.78, 5) is 20.6. The molecule has 6 nitrogen and oxygen atoms in total. The number of nitrogens with zero attached hydrogens (tertiary/aromatic N) is 3. The van der Waals surface area contributed by atoms with Crippen LogP contribution in [0, 0.1) is 5.92 Å². The molecule has 0 aliphatic carbocycles. The van der Waals surface area contributed by atoms with Gasteiger partial charge in [-0.25, -0.2) is 4.98 Å². The SMILES string of the molecule is CC(C)C(=O)Nc1ccc(N2CCN(C[C@@H](C)O)CC2)nc1. The molecule has 6 heteroatoms. The van der Waals surface area contributed by atoms with E-state index < -0.39 is 0 Å². The van der Waals surface area contributed by atoms with Gasteiger partial charge >= 0.3 is 0 Å². The van der Waals surface area contributed by atoms with Crippen molar-refractivity contribution in [3.8, 4) is 0 Å². The van der Waals surface area contributed by atoms with Crippen molar-refractivity contribution in [3.63, 3.8) is 0 Å². The highest BCUT2D eigenvalue weighted by atomic mass is 16.3. The molecule has 1 fully saturated rings. The summed E-state index contributed by atoms with van der Waals surface area (Å²) in [5.74, 6) is 0.891. The number of rotatable bonds is 5. The Bertz CT molecular complexity index is 479. The molecule has 1 aliphatic heterocycles. The topological polar surface area (TPSA) is 68.7 Å².